The smallest absolute Gasteiger partial charge is 0.258 e. The number of carbonyl (C=O) groups excluding carboxylic acids is 2. The highest BCUT2D eigenvalue weighted by molar-refractivity contribution is 6.07. The van der Waals surface area contributed by atoms with E-state index in [9.17, 15) is 9.59 Å². The van der Waals surface area contributed by atoms with E-state index in [1.807, 2.05) is 34.7 Å². The largest absolute Gasteiger partial charge is 0.339 e. The maximum atomic E-state index is 13.2. The Balaban J connectivity index is 1.73. The van der Waals surface area contributed by atoms with Crippen molar-refractivity contribution >= 4 is 28.8 Å². The predicted octanol–water partition coefficient (Wildman–Crippen LogP) is 4.37. The van der Waals surface area contributed by atoms with Crippen LogP contribution in [-0.2, 0) is 5.54 Å². The third kappa shape index (κ3) is 4.04. The standard InChI is InChI=1S/C24H29N5O2/c1-5-24(3,4)29-15-19(22(31)28-12-6-7-13-28)18-14-25-23(26-20(18)29)27-21(30)17-10-8-16(2)9-11-17/h8-11,14-15H,5-7,12-13H2,1-4H3,(H,25,26,27,30). The summed E-state index contributed by atoms with van der Waals surface area (Å²) >= 11 is 0. The van der Waals surface area contributed by atoms with Crippen molar-refractivity contribution in [3.63, 3.8) is 0 Å². The lowest BCUT2D eigenvalue weighted by molar-refractivity contribution is 0.0794. The SMILES string of the molecule is CCC(C)(C)n1cc(C(=O)N2CCCC2)c2cnc(NC(=O)c3ccc(C)cc3)nc21. The number of hydrogen-bond acceptors (Lipinski definition) is 4. The van der Waals surface area contributed by atoms with E-state index in [-0.39, 0.29) is 23.3 Å². The highest BCUT2D eigenvalue weighted by atomic mass is 16.2. The van der Waals surface area contributed by atoms with E-state index < -0.39 is 0 Å². The Morgan fingerprint density at radius 1 is 1.13 bits per heavy atom. The molecule has 7 heteroatoms. The van der Waals surface area contributed by atoms with Crippen molar-refractivity contribution in [1.29, 1.82) is 0 Å². The minimum atomic E-state index is -0.263. The number of fused-ring (bicyclic) bond motifs is 1. The van der Waals surface area contributed by atoms with Crippen LogP contribution in [0.5, 0.6) is 0 Å². The van der Waals surface area contributed by atoms with Gasteiger partial charge in [-0.25, -0.2) is 4.98 Å². The van der Waals surface area contributed by atoms with Crippen molar-refractivity contribution in [1.82, 2.24) is 19.4 Å². The van der Waals surface area contributed by atoms with Crippen LogP contribution in [0.25, 0.3) is 11.0 Å². The zero-order valence-corrected chi connectivity index (χ0v) is 18.6. The Morgan fingerprint density at radius 2 is 1.81 bits per heavy atom. The van der Waals surface area contributed by atoms with Gasteiger partial charge < -0.3 is 9.47 Å². The Bertz CT molecular complexity index is 1120. The fourth-order valence-corrected chi connectivity index (χ4v) is 3.84. The van der Waals surface area contributed by atoms with Crippen LogP contribution in [0.15, 0.2) is 36.7 Å². The maximum absolute atomic E-state index is 13.2. The van der Waals surface area contributed by atoms with E-state index >= 15 is 0 Å². The minimum absolute atomic E-state index is 0.0215. The lowest BCUT2D eigenvalue weighted by Gasteiger charge is -2.26. The average Bonchev–Trinajstić information content (AvgIpc) is 3.42. The molecule has 7 nitrogen and oxygen atoms in total. The number of nitrogens with zero attached hydrogens (tertiary/aromatic N) is 4. The first-order chi connectivity index (χ1) is 14.8. The Kier molecular flexibility index (Phi) is 5.52. The highest BCUT2D eigenvalue weighted by Crippen LogP contribution is 2.30. The fraction of sp³-hybridized carbons (Fsp3) is 0.417. The average molecular weight is 420 g/mol. The number of hydrogen-bond donors (Lipinski definition) is 1. The lowest BCUT2D eigenvalue weighted by atomic mass is 10.0. The molecule has 4 rings (SSSR count). The zero-order chi connectivity index (χ0) is 22.2. The summed E-state index contributed by atoms with van der Waals surface area (Å²) in [5, 5.41) is 3.50. The molecule has 1 saturated heterocycles. The van der Waals surface area contributed by atoms with Gasteiger partial charge in [0.25, 0.3) is 11.8 Å². The Morgan fingerprint density at radius 3 is 2.45 bits per heavy atom. The van der Waals surface area contributed by atoms with Gasteiger partial charge in [-0.15, -0.1) is 0 Å². The first-order valence-electron chi connectivity index (χ1n) is 10.9. The van der Waals surface area contributed by atoms with Gasteiger partial charge in [-0.2, -0.15) is 4.98 Å². The number of benzene rings is 1. The van der Waals surface area contributed by atoms with Gasteiger partial charge in [0, 0.05) is 36.6 Å². The number of carbonyl (C=O) groups is 2. The van der Waals surface area contributed by atoms with Crippen molar-refractivity contribution < 1.29 is 9.59 Å². The molecule has 1 aromatic carbocycles. The molecule has 1 aliphatic rings. The van der Waals surface area contributed by atoms with Gasteiger partial charge >= 0.3 is 0 Å². The second kappa shape index (κ2) is 8.13. The molecular weight excluding hydrogens is 390 g/mol. The fourth-order valence-electron chi connectivity index (χ4n) is 3.84. The van der Waals surface area contributed by atoms with Gasteiger partial charge in [0.15, 0.2) is 0 Å². The van der Waals surface area contributed by atoms with E-state index in [0.717, 1.165) is 37.9 Å². The van der Waals surface area contributed by atoms with Crippen molar-refractivity contribution in [2.45, 2.75) is 52.5 Å². The van der Waals surface area contributed by atoms with Gasteiger partial charge in [-0.05, 0) is 52.2 Å². The number of amides is 2. The Hall–Kier alpha value is -3.22. The zero-order valence-electron chi connectivity index (χ0n) is 18.6. The van der Waals surface area contributed by atoms with Crippen molar-refractivity contribution in [3.8, 4) is 0 Å². The predicted molar refractivity (Wildman–Crippen MR) is 121 cm³/mol. The number of likely N-dealkylation sites (tertiary alicyclic amines) is 1. The van der Waals surface area contributed by atoms with Crippen LogP contribution in [0.3, 0.4) is 0 Å². The molecule has 0 saturated carbocycles. The van der Waals surface area contributed by atoms with Gasteiger partial charge in [0.05, 0.1) is 10.9 Å². The van der Waals surface area contributed by atoms with Crippen LogP contribution in [-0.4, -0.2) is 44.3 Å². The number of aromatic nitrogens is 3. The lowest BCUT2D eigenvalue weighted by Crippen LogP contribution is -2.28. The molecule has 0 spiro atoms. The van der Waals surface area contributed by atoms with Gasteiger partial charge in [0.2, 0.25) is 5.95 Å². The number of nitrogens with one attached hydrogen (secondary N) is 1. The van der Waals surface area contributed by atoms with Crippen LogP contribution in [0, 0.1) is 6.92 Å². The van der Waals surface area contributed by atoms with Gasteiger partial charge in [-0.1, -0.05) is 24.6 Å². The molecule has 0 radical (unpaired) electrons. The summed E-state index contributed by atoms with van der Waals surface area (Å²) in [6.07, 6.45) is 6.49. The molecule has 0 unspecified atom stereocenters. The third-order valence-corrected chi connectivity index (χ3v) is 6.23. The van der Waals surface area contributed by atoms with Crippen molar-refractivity contribution in [2.75, 3.05) is 18.4 Å². The molecule has 3 aromatic rings. The first kappa shape index (κ1) is 21.0. The normalized spacial score (nSPS) is 14.3. The molecule has 31 heavy (non-hydrogen) atoms. The van der Waals surface area contributed by atoms with Crippen LogP contribution in [0.4, 0.5) is 5.95 Å². The molecule has 3 heterocycles. The summed E-state index contributed by atoms with van der Waals surface area (Å²) in [6, 6.07) is 7.34. The Labute approximate surface area is 182 Å². The maximum Gasteiger partial charge on any atom is 0.258 e. The van der Waals surface area contributed by atoms with Gasteiger partial charge in [-0.3, -0.25) is 14.9 Å². The van der Waals surface area contributed by atoms with Crippen LogP contribution in [0.1, 0.15) is 66.3 Å². The van der Waals surface area contributed by atoms with Crippen molar-refractivity contribution in [2.24, 2.45) is 0 Å². The van der Waals surface area contributed by atoms with E-state index in [1.54, 1.807) is 18.3 Å². The van der Waals surface area contributed by atoms with E-state index in [1.165, 1.54) is 0 Å². The van der Waals surface area contributed by atoms with E-state index in [0.29, 0.717) is 22.2 Å². The topological polar surface area (TPSA) is 80.1 Å². The summed E-state index contributed by atoms with van der Waals surface area (Å²) in [6.45, 7) is 9.88. The highest BCUT2D eigenvalue weighted by Gasteiger charge is 2.28. The first-order valence-corrected chi connectivity index (χ1v) is 10.9. The third-order valence-electron chi connectivity index (χ3n) is 6.23. The van der Waals surface area contributed by atoms with Crippen LogP contribution in [0.2, 0.25) is 0 Å². The molecule has 2 amide bonds. The monoisotopic (exact) mass is 419 g/mol. The quantitative estimate of drug-likeness (QED) is 0.666. The molecular formula is C24H29N5O2. The molecule has 0 bridgehead atoms. The number of aryl methyl sites for hydroxylation is 1. The molecule has 162 valence electrons. The second-order valence-corrected chi connectivity index (χ2v) is 8.83. The summed E-state index contributed by atoms with van der Waals surface area (Å²) < 4.78 is 2.04. The molecule has 0 atom stereocenters. The number of anilines is 1. The summed E-state index contributed by atoms with van der Waals surface area (Å²) in [5.41, 5.74) is 2.67. The molecule has 1 aliphatic heterocycles. The van der Waals surface area contributed by atoms with Gasteiger partial charge in [0.1, 0.15) is 5.65 Å². The van der Waals surface area contributed by atoms with Crippen molar-refractivity contribution in [3.05, 3.63) is 53.3 Å². The molecule has 1 fully saturated rings. The summed E-state index contributed by atoms with van der Waals surface area (Å²) in [4.78, 5) is 36.7. The molecule has 1 N–H and O–H groups in total. The van der Waals surface area contributed by atoms with Crippen LogP contribution < -0.4 is 5.32 Å². The van der Waals surface area contributed by atoms with E-state index in [4.69, 9.17) is 0 Å². The molecule has 2 aromatic heterocycles. The van der Waals surface area contributed by atoms with Crippen LogP contribution >= 0.6 is 0 Å². The summed E-state index contributed by atoms with van der Waals surface area (Å²) in [7, 11) is 0. The second-order valence-electron chi connectivity index (χ2n) is 8.83. The number of rotatable bonds is 5. The summed E-state index contributed by atoms with van der Waals surface area (Å²) in [5.74, 6) is -0.0155. The minimum Gasteiger partial charge on any atom is -0.339 e. The molecule has 0 aliphatic carbocycles. The van der Waals surface area contributed by atoms with E-state index in [2.05, 4.69) is 36.1 Å².